The van der Waals surface area contributed by atoms with Crippen molar-refractivity contribution < 1.29 is 23.8 Å². The molecule has 0 aromatic heterocycles. The molecule has 0 bridgehead atoms. The Kier molecular flexibility index (Phi) is 6.77. The van der Waals surface area contributed by atoms with Crippen LogP contribution in [0.2, 0.25) is 0 Å². The molecule has 0 unspecified atom stereocenters. The fourth-order valence-corrected chi connectivity index (χ4v) is 1.97. The first-order valence-corrected chi connectivity index (χ1v) is 7.89. The Morgan fingerprint density at radius 2 is 1.48 bits per heavy atom. The average molecular weight is 340 g/mol. The van der Waals surface area contributed by atoms with Gasteiger partial charge in [0.2, 0.25) is 0 Å². The number of ether oxygens (including phenoxy) is 3. The van der Waals surface area contributed by atoms with Crippen LogP contribution in [0.1, 0.15) is 13.3 Å². The van der Waals surface area contributed by atoms with Crippen LogP contribution in [-0.4, -0.2) is 25.3 Å². The van der Waals surface area contributed by atoms with E-state index in [-0.39, 0.29) is 13.2 Å². The molecule has 0 aliphatic rings. The molecule has 2 rings (SSSR count). The number of esters is 1. The Balaban J connectivity index is 1.72. The summed E-state index contributed by atoms with van der Waals surface area (Å²) < 4.78 is 14.9. The number of rotatable bonds is 7. The lowest BCUT2D eigenvalue weighted by Crippen LogP contribution is -2.13. The van der Waals surface area contributed by atoms with Gasteiger partial charge in [0, 0.05) is 12.0 Å². The molecule has 25 heavy (non-hydrogen) atoms. The van der Waals surface area contributed by atoms with Gasteiger partial charge < -0.3 is 14.2 Å². The second kappa shape index (κ2) is 9.27. The molecule has 0 saturated heterocycles. The lowest BCUT2D eigenvalue weighted by Gasteiger charge is -2.07. The van der Waals surface area contributed by atoms with E-state index >= 15 is 0 Å². The Morgan fingerprint density at radius 1 is 0.880 bits per heavy atom. The molecule has 0 aliphatic carbocycles. The van der Waals surface area contributed by atoms with Crippen LogP contribution < -0.4 is 4.74 Å². The van der Waals surface area contributed by atoms with Crippen LogP contribution in [0.3, 0.4) is 0 Å². The van der Waals surface area contributed by atoms with Crippen molar-refractivity contribution in [2.45, 2.75) is 13.3 Å². The zero-order chi connectivity index (χ0) is 18.1. The molecule has 0 heterocycles. The van der Waals surface area contributed by atoms with E-state index in [1.54, 1.807) is 19.1 Å². The van der Waals surface area contributed by atoms with Gasteiger partial charge in [-0.15, -0.1) is 0 Å². The molecule has 0 amide bonds. The maximum absolute atomic E-state index is 11.6. The summed E-state index contributed by atoms with van der Waals surface area (Å²) in [4.78, 5) is 22.8. The summed E-state index contributed by atoms with van der Waals surface area (Å²) in [5.74, 6) is -0.0560. The van der Waals surface area contributed by atoms with Crippen molar-refractivity contribution in [3.63, 3.8) is 0 Å². The number of hydrogen-bond acceptors (Lipinski definition) is 5. The molecule has 0 saturated carbocycles. The van der Waals surface area contributed by atoms with Gasteiger partial charge in [-0.2, -0.15) is 0 Å². The van der Waals surface area contributed by atoms with Gasteiger partial charge in [0.25, 0.3) is 0 Å². The summed E-state index contributed by atoms with van der Waals surface area (Å²) in [5, 5.41) is 0. The highest BCUT2D eigenvalue weighted by Crippen LogP contribution is 2.22. The second-order valence-corrected chi connectivity index (χ2v) is 5.36. The summed E-state index contributed by atoms with van der Waals surface area (Å²) in [6.45, 7) is 5.30. The van der Waals surface area contributed by atoms with Crippen LogP contribution in [0.15, 0.2) is 66.7 Å². The Morgan fingerprint density at radius 3 is 2.12 bits per heavy atom. The van der Waals surface area contributed by atoms with E-state index in [2.05, 4.69) is 6.58 Å². The summed E-state index contributed by atoms with van der Waals surface area (Å²) in [6.07, 6.45) is -0.403. The first kappa shape index (κ1) is 18.3. The van der Waals surface area contributed by atoms with Gasteiger partial charge in [-0.25, -0.2) is 9.59 Å². The van der Waals surface area contributed by atoms with Crippen molar-refractivity contribution in [2.75, 3.05) is 13.2 Å². The van der Waals surface area contributed by atoms with Crippen LogP contribution in [0.5, 0.6) is 5.75 Å². The van der Waals surface area contributed by atoms with Crippen LogP contribution in [-0.2, 0) is 14.3 Å². The molecule has 5 heteroatoms. The van der Waals surface area contributed by atoms with E-state index in [1.165, 1.54) is 0 Å². The van der Waals surface area contributed by atoms with Crippen molar-refractivity contribution in [3.05, 3.63) is 66.7 Å². The molecule has 0 fully saturated rings. The first-order chi connectivity index (χ1) is 12.1. The van der Waals surface area contributed by atoms with Crippen molar-refractivity contribution >= 4 is 12.1 Å². The lowest BCUT2D eigenvalue weighted by atomic mass is 10.1. The van der Waals surface area contributed by atoms with E-state index < -0.39 is 12.1 Å². The summed E-state index contributed by atoms with van der Waals surface area (Å²) in [6, 6.07) is 17.0. The molecule has 2 aromatic rings. The van der Waals surface area contributed by atoms with E-state index in [4.69, 9.17) is 14.2 Å². The third kappa shape index (κ3) is 6.14. The van der Waals surface area contributed by atoms with Gasteiger partial charge in [-0.3, -0.25) is 0 Å². The molecular weight excluding hydrogens is 320 g/mol. The Labute approximate surface area is 146 Å². The molecule has 0 N–H and O–H groups in total. The second-order valence-electron chi connectivity index (χ2n) is 5.36. The smallest absolute Gasteiger partial charge is 0.462 e. The Hall–Kier alpha value is -3.08. The van der Waals surface area contributed by atoms with E-state index in [0.29, 0.717) is 17.7 Å². The van der Waals surface area contributed by atoms with Crippen LogP contribution >= 0.6 is 0 Å². The van der Waals surface area contributed by atoms with Crippen LogP contribution in [0.25, 0.3) is 11.1 Å². The van der Waals surface area contributed by atoms with Crippen molar-refractivity contribution in [1.82, 2.24) is 0 Å². The fourth-order valence-electron chi connectivity index (χ4n) is 1.97. The SMILES string of the molecule is C=C(C)C(=O)OCCCOC(=O)Oc1ccc(-c2ccccc2)cc1. The van der Waals surface area contributed by atoms with E-state index in [0.717, 1.165) is 11.1 Å². The van der Waals surface area contributed by atoms with Crippen molar-refractivity contribution in [1.29, 1.82) is 0 Å². The molecular formula is C20H20O5. The number of carbonyl (C=O) groups is 2. The van der Waals surface area contributed by atoms with Gasteiger partial charge in [0.05, 0.1) is 13.2 Å². The molecule has 5 nitrogen and oxygen atoms in total. The topological polar surface area (TPSA) is 61.8 Å². The van der Waals surface area contributed by atoms with Gasteiger partial charge in [-0.1, -0.05) is 49.0 Å². The third-order valence-corrected chi connectivity index (χ3v) is 3.25. The largest absolute Gasteiger partial charge is 0.513 e. The van der Waals surface area contributed by atoms with Crippen LogP contribution in [0, 0.1) is 0 Å². The fraction of sp³-hybridized carbons (Fsp3) is 0.200. The summed E-state index contributed by atoms with van der Waals surface area (Å²) in [7, 11) is 0. The number of benzene rings is 2. The van der Waals surface area contributed by atoms with E-state index in [1.807, 2.05) is 42.5 Å². The highest BCUT2D eigenvalue weighted by molar-refractivity contribution is 5.86. The average Bonchev–Trinajstić information content (AvgIpc) is 2.62. The molecule has 130 valence electrons. The maximum atomic E-state index is 11.6. The predicted molar refractivity (Wildman–Crippen MR) is 94.2 cm³/mol. The predicted octanol–water partition coefficient (Wildman–Crippen LogP) is 4.38. The maximum Gasteiger partial charge on any atom is 0.513 e. The molecule has 0 aliphatic heterocycles. The minimum Gasteiger partial charge on any atom is -0.462 e. The number of carbonyl (C=O) groups excluding carboxylic acids is 2. The minimum atomic E-state index is -0.793. The summed E-state index contributed by atoms with van der Waals surface area (Å²) in [5.41, 5.74) is 2.45. The zero-order valence-electron chi connectivity index (χ0n) is 14.1. The standard InChI is InChI=1S/C20H20O5/c1-15(2)19(21)23-13-6-14-24-20(22)25-18-11-9-17(10-12-18)16-7-4-3-5-8-16/h3-5,7-12H,1,6,13-14H2,2H3. The van der Waals surface area contributed by atoms with Gasteiger partial charge in [0.1, 0.15) is 5.75 Å². The first-order valence-electron chi connectivity index (χ1n) is 7.89. The van der Waals surface area contributed by atoms with Gasteiger partial charge in [0.15, 0.2) is 0 Å². The quantitative estimate of drug-likeness (QED) is 0.324. The number of hydrogen-bond donors (Lipinski definition) is 0. The van der Waals surface area contributed by atoms with Crippen LogP contribution in [0.4, 0.5) is 4.79 Å². The zero-order valence-corrected chi connectivity index (χ0v) is 14.1. The monoisotopic (exact) mass is 340 g/mol. The molecule has 2 aromatic carbocycles. The van der Waals surface area contributed by atoms with E-state index in [9.17, 15) is 9.59 Å². The Bertz CT molecular complexity index is 720. The summed E-state index contributed by atoms with van der Waals surface area (Å²) >= 11 is 0. The molecule has 0 atom stereocenters. The minimum absolute atomic E-state index is 0.102. The van der Waals surface area contributed by atoms with Crippen molar-refractivity contribution in [2.24, 2.45) is 0 Å². The van der Waals surface area contributed by atoms with Gasteiger partial charge in [-0.05, 0) is 30.2 Å². The highest BCUT2D eigenvalue weighted by Gasteiger charge is 2.07. The molecule has 0 radical (unpaired) electrons. The third-order valence-electron chi connectivity index (χ3n) is 3.25. The highest BCUT2D eigenvalue weighted by atomic mass is 16.7. The normalized spacial score (nSPS) is 9.96. The lowest BCUT2D eigenvalue weighted by molar-refractivity contribution is -0.139. The van der Waals surface area contributed by atoms with Gasteiger partial charge >= 0.3 is 12.1 Å². The molecule has 0 spiro atoms. The van der Waals surface area contributed by atoms with Crippen molar-refractivity contribution in [3.8, 4) is 16.9 Å².